The summed E-state index contributed by atoms with van der Waals surface area (Å²) >= 11 is 5.12. The smallest absolute Gasteiger partial charge is 0.245 e. The molecule has 3 heterocycles. The fourth-order valence-electron chi connectivity index (χ4n) is 2.18. The lowest BCUT2D eigenvalue weighted by Gasteiger charge is -2.03. The van der Waals surface area contributed by atoms with Gasteiger partial charge in [-0.1, -0.05) is 11.8 Å². The van der Waals surface area contributed by atoms with Crippen LogP contribution in [0.1, 0.15) is 12.2 Å². The predicted molar refractivity (Wildman–Crippen MR) is 67.5 cm³/mol. The first-order chi connectivity index (χ1) is 7.79. The molecule has 2 aromatic heterocycles. The molecule has 0 saturated carbocycles. The largest absolute Gasteiger partial charge is 0.300 e. The minimum atomic E-state index is 0.871. The second kappa shape index (κ2) is 3.96. The number of nitrogens with zero attached hydrogens (tertiary/aromatic N) is 3. The van der Waals surface area contributed by atoms with Gasteiger partial charge in [-0.05, 0) is 39.7 Å². The number of rotatable bonds is 1. The molecule has 1 aliphatic heterocycles. The Morgan fingerprint density at radius 3 is 3.19 bits per heavy atom. The van der Waals surface area contributed by atoms with E-state index in [1.54, 1.807) is 11.8 Å². The normalized spacial score (nSPS) is 14.4. The van der Waals surface area contributed by atoms with Crippen LogP contribution in [0, 0.1) is 0 Å². The Labute approximate surface area is 106 Å². The average molecular weight is 297 g/mol. The van der Waals surface area contributed by atoms with E-state index in [9.17, 15) is 0 Å². The van der Waals surface area contributed by atoms with Crippen molar-refractivity contribution in [1.82, 2.24) is 9.97 Å². The van der Waals surface area contributed by atoms with Gasteiger partial charge < -0.3 is 0 Å². The van der Waals surface area contributed by atoms with E-state index in [1.807, 2.05) is 6.20 Å². The third-order valence-corrected chi connectivity index (χ3v) is 4.02. The molecule has 3 rings (SSSR count). The fourth-order valence-corrected chi connectivity index (χ4v) is 3.09. The summed E-state index contributed by atoms with van der Waals surface area (Å²) in [5.41, 5.74) is 1.20. The Bertz CT molecular complexity index is 571. The van der Waals surface area contributed by atoms with Crippen molar-refractivity contribution in [3.63, 3.8) is 0 Å². The first-order valence-corrected chi connectivity index (χ1v) is 7.23. The SMILES string of the molecule is CSc1nc2[n+](c3cnc(Br)cc13)CCC2. The predicted octanol–water partition coefficient (Wildman–Crippen LogP) is 2.35. The first-order valence-electron chi connectivity index (χ1n) is 5.21. The number of fused-ring (bicyclic) bond motifs is 3. The molecule has 2 aromatic rings. The Morgan fingerprint density at radius 2 is 2.38 bits per heavy atom. The van der Waals surface area contributed by atoms with Gasteiger partial charge in [0.15, 0.2) is 5.52 Å². The molecule has 0 atom stereocenters. The number of hydrogen-bond acceptors (Lipinski definition) is 3. The van der Waals surface area contributed by atoms with Crippen LogP contribution in [0.3, 0.4) is 0 Å². The monoisotopic (exact) mass is 296 g/mol. The number of thioether (sulfide) groups is 1. The maximum atomic E-state index is 4.72. The molecule has 0 saturated heterocycles. The molecule has 0 bridgehead atoms. The van der Waals surface area contributed by atoms with Gasteiger partial charge in [0.1, 0.15) is 4.60 Å². The molecule has 16 heavy (non-hydrogen) atoms. The topological polar surface area (TPSA) is 29.7 Å². The highest BCUT2D eigenvalue weighted by Crippen LogP contribution is 2.25. The van der Waals surface area contributed by atoms with Crippen molar-refractivity contribution in [2.75, 3.05) is 6.26 Å². The summed E-state index contributed by atoms with van der Waals surface area (Å²) in [6, 6.07) is 2.06. The van der Waals surface area contributed by atoms with Crippen molar-refractivity contribution in [2.24, 2.45) is 0 Å². The Kier molecular flexibility index (Phi) is 2.59. The molecular weight excluding hydrogens is 286 g/mol. The maximum Gasteiger partial charge on any atom is 0.300 e. The van der Waals surface area contributed by atoms with Crippen molar-refractivity contribution >= 4 is 38.6 Å². The lowest BCUT2D eigenvalue weighted by Crippen LogP contribution is -2.35. The van der Waals surface area contributed by atoms with Crippen LogP contribution in [0.5, 0.6) is 0 Å². The van der Waals surface area contributed by atoms with Gasteiger partial charge in [0.2, 0.25) is 5.03 Å². The number of halogens is 1. The van der Waals surface area contributed by atoms with Crippen LogP contribution in [-0.2, 0) is 13.0 Å². The van der Waals surface area contributed by atoms with Crippen LogP contribution < -0.4 is 4.57 Å². The highest BCUT2D eigenvalue weighted by Gasteiger charge is 2.25. The van der Waals surface area contributed by atoms with E-state index >= 15 is 0 Å². The molecule has 0 unspecified atom stereocenters. The summed E-state index contributed by atoms with van der Waals surface area (Å²) in [6.45, 7) is 1.07. The fraction of sp³-hybridized carbons (Fsp3) is 0.364. The molecule has 0 amide bonds. The van der Waals surface area contributed by atoms with Crippen LogP contribution in [0.25, 0.3) is 10.9 Å². The van der Waals surface area contributed by atoms with Gasteiger partial charge in [0.05, 0.1) is 24.5 Å². The van der Waals surface area contributed by atoms with E-state index in [0.717, 1.165) is 22.6 Å². The average Bonchev–Trinajstić information content (AvgIpc) is 2.75. The third kappa shape index (κ3) is 1.53. The van der Waals surface area contributed by atoms with Crippen LogP contribution in [0.15, 0.2) is 21.9 Å². The first kappa shape index (κ1) is 10.5. The van der Waals surface area contributed by atoms with E-state index in [0.29, 0.717) is 0 Å². The van der Waals surface area contributed by atoms with Crippen LogP contribution >= 0.6 is 27.7 Å². The quantitative estimate of drug-likeness (QED) is 0.350. The van der Waals surface area contributed by atoms with Crippen LogP contribution in [-0.4, -0.2) is 16.2 Å². The highest BCUT2D eigenvalue weighted by atomic mass is 79.9. The zero-order chi connectivity index (χ0) is 11.1. The number of pyridine rings is 1. The number of hydrogen-bond donors (Lipinski definition) is 0. The lowest BCUT2D eigenvalue weighted by atomic mass is 10.3. The molecule has 82 valence electrons. The van der Waals surface area contributed by atoms with Crippen molar-refractivity contribution in [2.45, 2.75) is 24.4 Å². The molecule has 0 aromatic carbocycles. The van der Waals surface area contributed by atoms with Gasteiger partial charge in [-0.25, -0.2) is 9.55 Å². The van der Waals surface area contributed by atoms with Crippen molar-refractivity contribution in [1.29, 1.82) is 0 Å². The number of aryl methyl sites for hydroxylation is 2. The molecule has 0 N–H and O–H groups in total. The van der Waals surface area contributed by atoms with E-state index in [4.69, 9.17) is 4.98 Å². The van der Waals surface area contributed by atoms with Crippen molar-refractivity contribution in [3.05, 3.63) is 22.7 Å². The Hall–Kier alpha value is -0.680. The second-order valence-corrected chi connectivity index (χ2v) is 5.42. The number of aromatic nitrogens is 3. The van der Waals surface area contributed by atoms with Crippen LogP contribution in [0.2, 0.25) is 0 Å². The van der Waals surface area contributed by atoms with E-state index in [2.05, 4.69) is 37.8 Å². The third-order valence-electron chi connectivity index (χ3n) is 2.89. The van der Waals surface area contributed by atoms with Gasteiger partial charge in [-0.3, -0.25) is 0 Å². The maximum absolute atomic E-state index is 4.72. The van der Waals surface area contributed by atoms with Crippen molar-refractivity contribution < 1.29 is 4.57 Å². The zero-order valence-electron chi connectivity index (χ0n) is 8.90. The standard InChI is InChI=1S/C11H11BrN3S/c1-16-11-7-5-9(12)13-6-8(7)15-4-2-3-10(15)14-11/h5-6H,2-4H2,1H3/q+1. The molecular formula is C11H11BrN3S+. The minimum absolute atomic E-state index is 0.871. The second-order valence-electron chi connectivity index (χ2n) is 3.82. The summed E-state index contributed by atoms with van der Waals surface area (Å²) in [5.74, 6) is 1.20. The molecule has 3 nitrogen and oxygen atoms in total. The molecule has 0 radical (unpaired) electrons. The van der Waals surface area contributed by atoms with Gasteiger partial charge in [-0.15, -0.1) is 0 Å². The van der Waals surface area contributed by atoms with E-state index in [1.165, 1.54) is 23.1 Å². The summed E-state index contributed by atoms with van der Waals surface area (Å²) in [4.78, 5) is 9.04. The minimum Gasteiger partial charge on any atom is -0.245 e. The molecule has 0 fully saturated rings. The Morgan fingerprint density at radius 1 is 1.50 bits per heavy atom. The van der Waals surface area contributed by atoms with Gasteiger partial charge in [0, 0.05) is 0 Å². The molecule has 1 aliphatic rings. The lowest BCUT2D eigenvalue weighted by molar-refractivity contribution is -0.668. The van der Waals surface area contributed by atoms with E-state index < -0.39 is 0 Å². The van der Waals surface area contributed by atoms with Crippen molar-refractivity contribution in [3.8, 4) is 0 Å². The van der Waals surface area contributed by atoms with Gasteiger partial charge >= 0.3 is 0 Å². The summed E-state index contributed by atoms with van der Waals surface area (Å²) in [7, 11) is 0. The van der Waals surface area contributed by atoms with Gasteiger partial charge in [-0.2, -0.15) is 0 Å². The van der Waals surface area contributed by atoms with Gasteiger partial charge in [0.25, 0.3) is 5.82 Å². The molecule has 0 aliphatic carbocycles. The highest BCUT2D eigenvalue weighted by molar-refractivity contribution is 9.10. The zero-order valence-corrected chi connectivity index (χ0v) is 11.3. The Balaban J connectivity index is 2.41. The molecule has 5 heteroatoms. The summed E-state index contributed by atoms with van der Waals surface area (Å²) < 4.78 is 3.16. The van der Waals surface area contributed by atoms with Crippen LogP contribution in [0.4, 0.5) is 0 Å². The van der Waals surface area contributed by atoms with E-state index in [-0.39, 0.29) is 0 Å². The summed E-state index contributed by atoms with van der Waals surface area (Å²) in [6.07, 6.45) is 6.29. The summed E-state index contributed by atoms with van der Waals surface area (Å²) in [5, 5.41) is 2.30. The molecule has 0 spiro atoms.